The van der Waals surface area contributed by atoms with Gasteiger partial charge in [-0.2, -0.15) is 0 Å². The summed E-state index contributed by atoms with van der Waals surface area (Å²) in [5.74, 6) is -0.331. The Hall–Kier alpha value is -1.62. The van der Waals surface area contributed by atoms with E-state index in [9.17, 15) is 13.2 Å². The van der Waals surface area contributed by atoms with Crippen LogP contribution in [0.2, 0.25) is 0 Å². The lowest BCUT2D eigenvalue weighted by atomic mass is 10.0. The molecule has 1 aliphatic rings. The number of rotatable bonds is 3. The van der Waals surface area contributed by atoms with Crippen LogP contribution in [0.1, 0.15) is 25.8 Å². The SMILES string of the molecule is Cc1ccc(S(=O)(=O)N2C(=O)CC=C[C@H]2C(C)C)cc1. The van der Waals surface area contributed by atoms with Gasteiger partial charge in [-0.15, -0.1) is 0 Å². The second-order valence-corrected chi connectivity index (χ2v) is 7.19. The number of benzene rings is 1. The predicted molar refractivity (Wildman–Crippen MR) is 77.6 cm³/mol. The van der Waals surface area contributed by atoms with Crippen molar-refractivity contribution in [2.45, 2.75) is 38.1 Å². The van der Waals surface area contributed by atoms with Crippen LogP contribution in [-0.2, 0) is 14.8 Å². The summed E-state index contributed by atoms with van der Waals surface area (Å²) in [5.41, 5.74) is 0.981. The average molecular weight is 293 g/mol. The molecule has 20 heavy (non-hydrogen) atoms. The lowest BCUT2D eigenvalue weighted by molar-refractivity contribution is -0.127. The van der Waals surface area contributed by atoms with Gasteiger partial charge in [0.1, 0.15) is 0 Å². The molecule has 1 atom stereocenters. The molecule has 1 amide bonds. The van der Waals surface area contributed by atoms with E-state index in [0.717, 1.165) is 9.87 Å². The van der Waals surface area contributed by atoms with E-state index < -0.39 is 16.1 Å². The molecule has 0 saturated carbocycles. The number of amides is 1. The van der Waals surface area contributed by atoms with Crippen molar-refractivity contribution in [3.8, 4) is 0 Å². The van der Waals surface area contributed by atoms with Gasteiger partial charge in [0.05, 0.1) is 10.9 Å². The molecule has 0 N–H and O–H groups in total. The minimum Gasteiger partial charge on any atom is -0.273 e. The number of hydrogen-bond donors (Lipinski definition) is 0. The summed E-state index contributed by atoms with van der Waals surface area (Å²) in [4.78, 5) is 12.3. The molecule has 1 aliphatic heterocycles. The van der Waals surface area contributed by atoms with Gasteiger partial charge in [-0.05, 0) is 25.0 Å². The van der Waals surface area contributed by atoms with E-state index in [-0.39, 0.29) is 23.1 Å². The first-order valence-corrected chi connectivity index (χ1v) is 8.08. The van der Waals surface area contributed by atoms with Crippen molar-refractivity contribution < 1.29 is 13.2 Å². The van der Waals surface area contributed by atoms with Crippen LogP contribution >= 0.6 is 0 Å². The highest BCUT2D eigenvalue weighted by molar-refractivity contribution is 7.89. The molecule has 4 nitrogen and oxygen atoms in total. The zero-order valence-electron chi connectivity index (χ0n) is 11.9. The van der Waals surface area contributed by atoms with E-state index >= 15 is 0 Å². The lowest BCUT2D eigenvalue weighted by Crippen LogP contribution is -2.47. The molecular formula is C15H19NO3S. The first-order valence-electron chi connectivity index (χ1n) is 6.64. The van der Waals surface area contributed by atoms with Crippen molar-refractivity contribution in [2.24, 2.45) is 5.92 Å². The van der Waals surface area contributed by atoms with Gasteiger partial charge in [0.15, 0.2) is 0 Å². The maximum absolute atomic E-state index is 12.7. The largest absolute Gasteiger partial charge is 0.273 e. The fraction of sp³-hybridized carbons (Fsp3) is 0.400. The summed E-state index contributed by atoms with van der Waals surface area (Å²) < 4.78 is 26.4. The molecule has 5 heteroatoms. The lowest BCUT2D eigenvalue weighted by Gasteiger charge is -2.33. The maximum Gasteiger partial charge on any atom is 0.267 e. The average Bonchev–Trinajstić information content (AvgIpc) is 2.38. The molecule has 2 rings (SSSR count). The standard InChI is InChI=1S/C15H19NO3S/c1-11(2)14-5-4-6-15(17)16(14)20(18,19)13-9-7-12(3)8-10-13/h4-5,7-11,14H,6H2,1-3H3/t14-/m0/s1. The van der Waals surface area contributed by atoms with E-state index in [1.54, 1.807) is 36.4 Å². The Morgan fingerprint density at radius 3 is 2.35 bits per heavy atom. The molecule has 0 radical (unpaired) electrons. The molecule has 0 bridgehead atoms. The molecule has 1 aromatic carbocycles. The molecule has 0 fully saturated rings. The van der Waals surface area contributed by atoms with Gasteiger partial charge >= 0.3 is 0 Å². The minimum absolute atomic E-state index is 0.0377. The monoisotopic (exact) mass is 293 g/mol. The Morgan fingerprint density at radius 1 is 1.20 bits per heavy atom. The van der Waals surface area contributed by atoms with Crippen LogP contribution < -0.4 is 0 Å². The normalized spacial score (nSPS) is 19.7. The number of aryl methyl sites for hydroxylation is 1. The van der Waals surface area contributed by atoms with Gasteiger partial charge in [0, 0.05) is 6.42 Å². The zero-order chi connectivity index (χ0) is 14.9. The summed E-state index contributed by atoms with van der Waals surface area (Å²) in [6, 6.07) is 6.16. The van der Waals surface area contributed by atoms with Crippen LogP contribution in [0, 0.1) is 12.8 Å². The second-order valence-electron chi connectivity index (χ2n) is 5.37. The highest BCUT2D eigenvalue weighted by Crippen LogP contribution is 2.26. The van der Waals surface area contributed by atoms with Gasteiger partial charge in [-0.3, -0.25) is 4.79 Å². The zero-order valence-corrected chi connectivity index (χ0v) is 12.7. The second kappa shape index (κ2) is 5.40. The van der Waals surface area contributed by atoms with Crippen molar-refractivity contribution in [2.75, 3.05) is 0 Å². The van der Waals surface area contributed by atoms with E-state index in [4.69, 9.17) is 0 Å². The highest BCUT2D eigenvalue weighted by atomic mass is 32.2. The Bertz CT molecular complexity index is 630. The number of carbonyl (C=O) groups excluding carboxylic acids is 1. The van der Waals surface area contributed by atoms with Crippen molar-refractivity contribution in [1.29, 1.82) is 0 Å². The molecule has 0 saturated heterocycles. The van der Waals surface area contributed by atoms with E-state index in [1.807, 2.05) is 20.8 Å². The number of sulfonamides is 1. The van der Waals surface area contributed by atoms with Crippen LogP contribution in [-0.4, -0.2) is 24.7 Å². The molecule has 0 spiro atoms. The topological polar surface area (TPSA) is 54.5 Å². The Balaban J connectivity index is 2.48. The first kappa shape index (κ1) is 14.8. The van der Waals surface area contributed by atoms with Crippen LogP contribution in [0.15, 0.2) is 41.3 Å². The summed E-state index contributed by atoms with van der Waals surface area (Å²) in [5, 5.41) is 0. The third-order valence-electron chi connectivity index (χ3n) is 3.40. The fourth-order valence-corrected chi connectivity index (χ4v) is 3.94. The molecule has 0 aromatic heterocycles. The van der Waals surface area contributed by atoms with Crippen molar-refractivity contribution in [1.82, 2.24) is 4.31 Å². The Morgan fingerprint density at radius 2 is 1.80 bits per heavy atom. The van der Waals surface area contributed by atoms with Gasteiger partial charge in [-0.1, -0.05) is 43.7 Å². The summed E-state index contributed by atoms with van der Waals surface area (Å²) >= 11 is 0. The predicted octanol–water partition coefficient (Wildman–Crippen LogP) is 2.50. The van der Waals surface area contributed by atoms with Crippen molar-refractivity contribution >= 4 is 15.9 Å². The summed E-state index contributed by atoms with van der Waals surface area (Å²) in [6.07, 6.45) is 3.68. The van der Waals surface area contributed by atoms with E-state index in [2.05, 4.69) is 0 Å². The molecule has 0 unspecified atom stereocenters. The van der Waals surface area contributed by atoms with Crippen LogP contribution in [0.4, 0.5) is 0 Å². The summed E-state index contributed by atoms with van der Waals surface area (Å²) in [7, 11) is -3.79. The van der Waals surface area contributed by atoms with Crippen LogP contribution in [0.25, 0.3) is 0 Å². The van der Waals surface area contributed by atoms with Crippen LogP contribution in [0.3, 0.4) is 0 Å². The first-order chi connectivity index (χ1) is 9.34. The van der Waals surface area contributed by atoms with Crippen molar-refractivity contribution in [3.63, 3.8) is 0 Å². The molecule has 108 valence electrons. The Kier molecular flexibility index (Phi) is 3.99. The molecule has 1 heterocycles. The van der Waals surface area contributed by atoms with E-state index in [0.29, 0.717) is 0 Å². The van der Waals surface area contributed by atoms with Gasteiger partial charge in [0.25, 0.3) is 10.0 Å². The fourth-order valence-electron chi connectivity index (χ4n) is 2.25. The van der Waals surface area contributed by atoms with Crippen molar-refractivity contribution in [3.05, 3.63) is 42.0 Å². The van der Waals surface area contributed by atoms with Gasteiger partial charge in [-0.25, -0.2) is 12.7 Å². The maximum atomic E-state index is 12.7. The smallest absolute Gasteiger partial charge is 0.267 e. The number of hydrogen-bond acceptors (Lipinski definition) is 3. The minimum atomic E-state index is -3.79. The molecule has 0 aliphatic carbocycles. The third kappa shape index (κ3) is 2.63. The Labute approximate surface area is 120 Å². The number of carbonyl (C=O) groups is 1. The number of nitrogens with zero attached hydrogens (tertiary/aromatic N) is 1. The van der Waals surface area contributed by atoms with E-state index in [1.165, 1.54) is 0 Å². The summed E-state index contributed by atoms with van der Waals surface area (Å²) in [6.45, 7) is 5.71. The highest BCUT2D eigenvalue weighted by Gasteiger charge is 2.37. The third-order valence-corrected chi connectivity index (χ3v) is 5.24. The molecular weight excluding hydrogens is 274 g/mol. The van der Waals surface area contributed by atoms with Gasteiger partial charge < -0.3 is 0 Å². The van der Waals surface area contributed by atoms with Crippen LogP contribution in [0.5, 0.6) is 0 Å². The quantitative estimate of drug-likeness (QED) is 0.805. The van der Waals surface area contributed by atoms with Gasteiger partial charge in [0.2, 0.25) is 5.91 Å². The molecule has 1 aromatic rings.